The molecule has 0 saturated heterocycles. The van der Waals surface area contributed by atoms with Crippen molar-refractivity contribution in [3.63, 3.8) is 0 Å². The van der Waals surface area contributed by atoms with Gasteiger partial charge >= 0.3 is 11.7 Å². The lowest BCUT2D eigenvalue weighted by Gasteiger charge is -2.13. The molecule has 1 heterocycles. The number of rotatable bonds is 7. The van der Waals surface area contributed by atoms with E-state index in [0.29, 0.717) is 10.6 Å². The smallest absolute Gasteiger partial charge is 0.339 e. The van der Waals surface area contributed by atoms with Crippen LogP contribution in [0.5, 0.6) is 5.75 Å². The third-order valence-electron chi connectivity index (χ3n) is 3.37. The topological polar surface area (TPSA) is 132 Å². The van der Waals surface area contributed by atoms with Crippen LogP contribution in [0.3, 0.4) is 0 Å². The predicted molar refractivity (Wildman–Crippen MR) is 96.8 cm³/mol. The molecule has 0 spiro atoms. The SMILES string of the molecule is CCOc1ccc(C(=O)O[C@@H](C)C(=O)Nc2sccc2C#N)cc1[N+](=O)[O-]. The fraction of sp³-hybridized carbons (Fsp3) is 0.235. The number of nitrogens with zero attached hydrogens (tertiary/aromatic N) is 2. The maximum atomic E-state index is 12.2. The summed E-state index contributed by atoms with van der Waals surface area (Å²) in [6.45, 7) is 3.27. The van der Waals surface area contributed by atoms with E-state index < -0.39 is 22.9 Å². The largest absolute Gasteiger partial charge is 0.487 e. The molecule has 0 aliphatic carbocycles. The second-order valence-corrected chi connectivity index (χ2v) is 6.10. The van der Waals surface area contributed by atoms with E-state index in [2.05, 4.69) is 5.32 Å². The average Bonchev–Trinajstić information content (AvgIpc) is 3.09. The van der Waals surface area contributed by atoms with E-state index >= 15 is 0 Å². The number of nitro benzene ring substituents is 1. The molecule has 1 aromatic heterocycles. The molecule has 1 amide bonds. The number of ether oxygens (including phenoxy) is 2. The van der Waals surface area contributed by atoms with Gasteiger partial charge in [0.15, 0.2) is 11.9 Å². The molecule has 27 heavy (non-hydrogen) atoms. The van der Waals surface area contributed by atoms with Crippen LogP contribution < -0.4 is 10.1 Å². The summed E-state index contributed by atoms with van der Waals surface area (Å²) in [5, 5.41) is 24.6. The van der Waals surface area contributed by atoms with Gasteiger partial charge in [0.2, 0.25) is 0 Å². The van der Waals surface area contributed by atoms with Crippen molar-refractivity contribution in [2.75, 3.05) is 11.9 Å². The lowest BCUT2D eigenvalue weighted by Crippen LogP contribution is -2.30. The molecule has 0 aliphatic rings. The fourth-order valence-electron chi connectivity index (χ4n) is 2.05. The van der Waals surface area contributed by atoms with Gasteiger partial charge < -0.3 is 14.8 Å². The van der Waals surface area contributed by atoms with Gasteiger partial charge in [-0.15, -0.1) is 11.3 Å². The van der Waals surface area contributed by atoms with E-state index in [1.807, 2.05) is 6.07 Å². The number of hydrogen-bond acceptors (Lipinski definition) is 8. The van der Waals surface area contributed by atoms with E-state index in [1.54, 1.807) is 18.4 Å². The molecule has 2 aromatic rings. The van der Waals surface area contributed by atoms with Crippen LogP contribution in [0.25, 0.3) is 0 Å². The lowest BCUT2D eigenvalue weighted by atomic mass is 10.2. The zero-order valence-corrected chi connectivity index (χ0v) is 15.2. The number of amides is 1. The van der Waals surface area contributed by atoms with Gasteiger partial charge in [-0.1, -0.05) is 0 Å². The first-order valence-corrected chi connectivity index (χ1v) is 8.66. The summed E-state index contributed by atoms with van der Waals surface area (Å²) in [6, 6.07) is 7.13. The number of hydrogen-bond donors (Lipinski definition) is 1. The van der Waals surface area contributed by atoms with Crippen molar-refractivity contribution in [1.82, 2.24) is 0 Å². The molecule has 0 aliphatic heterocycles. The average molecular weight is 389 g/mol. The van der Waals surface area contributed by atoms with E-state index in [-0.39, 0.29) is 23.6 Å². The number of carbonyl (C=O) groups is 2. The van der Waals surface area contributed by atoms with Gasteiger partial charge in [0.05, 0.1) is 22.7 Å². The van der Waals surface area contributed by atoms with Crippen molar-refractivity contribution >= 4 is 33.9 Å². The van der Waals surface area contributed by atoms with Crippen LogP contribution >= 0.6 is 11.3 Å². The zero-order chi connectivity index (χ0) is 20.0. The third kappa shape index (κ3) is 4.80. The summed E-state index contributed by atoms with van der Waals surface area (Å²) in [7, 11) is 0. The number of nitrogens with one attached hydrogen (secondary N) is 1. The van der Waals surface area contributed by atoms with Crippen molar-refractivity contribution in [2.45, 2.75) is 20.0 Å². The number of benzene rings is 1. The minimum atomic E-state index is -1.17. The van der Waals surface area contributed by atoms with E-state index in [9.17, 15) is 19.7 Å². The zero-order valence-electron chi connectivity index (χ0n) is 14.4. The Kier molecular flexibility index (Phi) is 6.46. The van der Waals surface area contributed by atoms with E-state index in [4.69, 9.17) is 14.7 Å². The van der Waals surface area contributed by atoms with Crippen LogP contribution in [0.4, 0.5) is 10.7 Å². The molecule has 140 valence electrons. The number of anilines is 1. The molecule has 0 radical (unpaired) electrons. The number of carbonyl (C=O) groups excluding carboxylic acids is 2. The quantitative estimate of drug-likeness (QED) is 0.437. The summed E-state index contributed by atoms with van der Waals surface area (Å²) in [5.41, 5.74) is -0.159. The van der Waals surface area contributed by atoms with Crippen LogP contribution in [-0.4, -0.2) is 29.5 Å². The third-order valence-corrected chi connectivity index (χ3v) is 4.20. The Labute approximate surface area is 158 Å². The van der Waals surface area contributed by atoms with Crippen LogP contribution in [0.2, 0.25) is 0 Å². The molecule has 0 bridgehead atoms. The Morgan fingerprint density at radius 3 is 2.78 bits per heavy atom. The number of thiophene rings is 1. The monoisotopic (exact) mass is 389 g/mol. The van der Waals surface area contributed by atoms with Gasteiger partial charge in [0, 0.05) is 6.07 Å². The molecule has 1 aromatic carbocycles. The minimum absolute atomic E-state index is 0.0339. The summed E-state index contributed by atoms with van der Waals surface area (Å²) in [4.78, 5) is 34.8. The highest BCUT2D eigenvalue weighted by molar-refractivity contribution is 7.14. The highest BCUT2D eigenvalue weighted by atomic mass is 32.1. The van der Waals surface area contributed by atoms with Crippen molar-refractivity contribution in [3.05, 3.63) is 50.9 Å². The van der Waals surface area contributed by atoms with Gasteiger partial charge in [0.1, 0.15) is 11.1 Å². The molecule has 0 saturated carbocycles. The van der Waals surface area contributed by atoms with Gasteiger partial charge in [-0.2, -0.15) is 5.26 Å². The Bertz CT molecular complexity index is 918. The van der Waals surface area contributed by atoms with Crippen LogP contribution in [-0.2, 0) is 9.53 Å². The second kappa shape index (κ2) is 8.77. The van der Waals surface area contributed by atoms with Crippen molar-refractivity contribution in [2.24, 2.45) is 0 Å². The van der Waals surface area contributed by atoms with Gasteiger partial charge in [0.25, 0.3) is 5.91 Å². The van der Waals surface area contributed by atoms with Gasteiger partial charge in [-0.05, 0) is 37.4 Å². The van der Waals surface area contributed by atoms with E-state index in [1.165, 1.54) is 19.1 Å². The molecular weight excluding hydrogens is 374 g/mol. The van der Waals surface area contributed by atoms with Crippen molar-refractivity contribution < 1.29 is 24.0 Å². The number of nitriles is 1. The molecule has 0 fully saturated rings. The molecule has 1 atom stereocenters. The molecule has 10 heteroatoms. The lowest BCUT2D eigenvalue weighted by molar-refractivity contribution is -0.385. The van der Waals surface area contributed by atoms with Crippen LogP contribution in [0, 0.1) is 21.4 Å². The summed E-state index contributed by atoms with van der Waals surface area (Å²) in [6.07, 6.45) is -1.17. The van der Waals surface area contributed by atoms with Gasteiger partial charge in [-0.25, -0.2) is 4.79 Å². The molecule has 0 unspecified atom stereocenters. The van der Waals surface area contributed by atoms with Crippen molar-refractivity contribution in [3.8, 4) is 11.8 Å². The number of nitro groups is 1. The van der Waals surface area contributed by atoms with E-state index in [0.717, 1.165) is 17.4 Å². The normalized spacial score (nSPS) is 11.1. The highest BCUT2D eigenvalue weighted by Gasteiger charge is 2.23. The van der Waals surface area contributed by atoms with Gasteiger partial charge in [-0.3, -0.25) is 14.9 Å². The first kappa shape index (κ1) is 19.9. The molecule has 1 N–H and O–H groups in total. The first-order chi connectivity index (χ1) is 12.9. The standard InChI is InChI=1S/C17H15N3O6S/c1-3-25-14-5-4-11(8-13(14)20(23)24)17(22)26-10(2)15(21)19-16-12(9-18)6-7-27-16/h4-8,10H,3H2,1-2H3,(H,19,21)/t10-/m0/s1. The minimum Gasteiger partial charge on any atom is -0.487 e. The Hall–Kier alpha value is -3.45. The summed E-state index contributed by atoms with van der Waals surface area (Å²) < 4.78 is 10.2. The first-order valence-electron chi connectivity index (χ1n) is 7.78. The predicted octanol–water partition coefficient (Wildman–Crippen LogP) is 3.11. The Morgan fingerprint density at radius 1 is 1.41 bits per heavy atom. The molecule has 9 nitrogen and oxygen atoms in total. The maximum Gasteiger partial charge on any atom is 0.339 e. The number of esters is 1. The second-order valence-electron chi connectivity index (χ2n) is 5.18. The Morgan fingerprint density at radius 2 is 2.15 bits per heavy atom. The van der Waals surface area contributed by atoms with Crippen LogP contribution in [0.15, 0.2) is 29.6 Å². The van der Waals surface area contributed by atoms with Crippen LogP contribution in [0.1, 0.15) is 29.8 Å². The molecule has 2 rings (SSSR count). The highest BCUT2D eigenvalue weighted by Crippen LogP contribution is 2.28. The Balaban J connectivity index is 2.09. The molecular formula is C17H15N3O6S. The summed E-state index contributed by atoms with van der Waals surface area (Å²) >= 11 is 1.16. The maximum absolute atomic E-state index is 12.2. The fourth-order valence-corrected chi connectivity index (χ4v) is 2.79. The van der Waals surface area contributed by atoms with Crippen molar-refractivity contribution in [1.29, 1.82) is 5.26 Å². The summed E-state index contributed by atoms with van der Waals surface area (Å²) in [5.74, 6) is -1.48.